The van der Waals surface area contributed by atoms with E-state index in [9.17, 15) is 19.2 Å². The molecule has 3 aromatic rings. The third-order valence-corrected chi connectivity index (χ3v) is 5.79. The highest BCUT2D eigenvalue weighted by Crippen LogP contribution is 2.34. The molecule has 1 atom stereocenters. The van der Waals surface area contributed by atoms with Crippen molar-refractivity contribution in [3.63, 3.8) is 0 Å². The number of urea groups is 2. The zero-order valence-electron chi connectivity index (χ0n) is 18.1. The monoisotopic (exact) mass is 460 g/mol. The van der Waals surface area contributed by atoms with Crippen molar-refractivity contribution in [3.8, 4) is 11.5 Å². The van der Waals surface area contributed by atoms with Gasteiger partial charge in [0.05, 0.1) is 0 Å². The van der Waals surface area contributed by atoms with Crippen LogP contribution in [-0.4, -0.2) is 42.1 Å². The summed E-state index contributed by atoms with van der Waals surface area (Å²) in [5, 5.41) is 9.20. The third-order valence-electron chi connectivity index (χ3n) is 5.79. The molecule has 0 bridgehead atoms. The van der Waals surface area contributed by atoms with Crippen LogP contribution < -0.4 is 25.4 Å². The van der Waals surface area contributed by atoms with Crippen molar-refractivity contribution in [3.05, 3.63) is 66.2 Å². The van der Waals surface area contributed by atoms with Gasteiger partial charge in [0.2, 0.25) is 12.7 Å². The van der Waals surface area contributed by atoms with E-state index in [0.717, 1.165) is 15.7 Å². The predicted molar refractivity (Wildman–Crippen MR) is 121 cm³/mol. The van der Waals surface area contributed by atoms with E-state index in [1.807, 2.05) is 36.4 Å². The molecule has 6 amide bonds. The average Bonchev–Trinajstić information content (AvgIpc) is 3.37. The van der Waals surface area contributed by atoms with E-state index >= 15 is 0 Å². The highest BCUT2D eigenvalue weighted by molar-refractivity contribution is 6.11. The van der Waals surface area contributed by atoms with Gasteiger partial charge in [-0.1, -0.05) is 36.4 Å². The Balaban J connectivity index is 1.25. The van der Waals surface area contributed by atoms with Gasteiger partial charge < -0.3 is 20.1 Å². The molecule has 1 fully saturated rings. The summed E-state index contributed by atoms with van der Waals surface area (Å²) in [4.78, 5) is 51.1. The normalized spacial score (nSPS) is 18.7. The van der Waals surface area contributed by atoms with E-state index in [4.69, 9.17) is 9.47 Å². The first kappa shape index (κ1) is 21.3. The molecule has 10 heteroatoms. The first-order valence-electron chi connectivity index (χ1n) is 10.5. The molecule has 3 aromatic carbocycles. The van der Waals surface area contributed by atoms with E-state index in [1.54, 1.807) is 31.2 Å². The minimum absolute atomic E-state index is 0.0908. The number of nitrogens with zero attached hydrogens (tertiary/aromatic N) is 1. The van der Waals surface area contributed by atoms with Gasteiger partial charge in [-0.25, -0.2) is 9.59 Å². The fourth-order valence-electron chi connectivity index (χ4n) is 3.98. The topological polar surface area (TPSA) is 126 Å². The Morgan fingerprint density at radius 2 is 1.76 bits per heavy atom. The number of fused-ring (bicyclic) bond motifs is 2. The van der Waals surface area contributed by atoms with Gasteiger partial charge in [0.15, 0.2) is 11.5 Å². The van der Waals surface area contributed by atoms with Gasteiger partial charge in [-0.2, -0.15) is 0 Å². The first-order valence-corrected chi connectivity index (χ1v) is 10.5. The molecule has 10 nitrogen and oxygen atoms in total. The zero-order valence-corrected chi connectivity index (χ0v) is 18.1. The standard InChI is InChI=1S/C24H20N4O6/c1-24(16-7-6-14-4-2-3-5-15(14)10-16)21(30)28(23(32)27-24)12-20(29)26-22(31)25-17-8-9-18-19(11-17)34-13-33-18/h2-11H,12-13H2,1H3,(H,27,32)(H2,25,26,29,31). The van der Waals surface area contributed by atoms with Crippen LogP contribution >= 0.6 is 0 Å². The Morgan fingerprint density at radius 1 is 1.00 bits per heavy atom. The number of anilines is 1. The van der Waals surface area contributed by atoms with Gasteiger partial charge in [-0.15, -0.1) is 0 Å². The Kier molecular flexibility index (Phi) is 5.05. The lowest BCUT2D eigenvalue weighted by molar-refractivity contribution is -0.134. The molecular weight excluding hydrogens is 440 g/mol. The van der Waals surface area contributed by atoms with Crippen LogP contribution in [0.4, 0.5) is 15.3 Å². The fourth-order valence-corrected chi connectivity index (χ4v) is 3.98. The Bertz CT molecular complexity index is 1360. The molecule has 0 aliphatic carbocycles. The number of hydrogen-bond donors (Lipinski definition) is 3. The third kappa shape index (κ3) is 3.75. The largest absolute Gasteiger partial charge is 0.454 e. The summed E-state index contributed by atoms with van der Waals surface area (Å²) >= 11 is 0. The average molecular weight is 460 g/mol. The smallest absolute Gasteiger partial charge is 0.325 e. The summed E-state index contributed by atoms with van der Waals surface area (Å²) in [6.45, 7) is 1.07. The van der Waals surface area contributed by atoms with Gasteiger partial charge in [-0.3, -0.25) is 19.8 Å². The molecule has 172 valence electrons. The Labute approximate surface area is 193 Å². The van der Waals surface area contributed by atoms with Crippen LogP contribution in [0.3, 0.4) is 0 Å². The maximum Gasteiger partial charge on any atom is 0.325 e. The van der Waals surface area contributed by atoms with Crippen LogP contribution in [-0.2, 0) is 15.1 Å². The molecule has 0 saturated carbocycles. The molecule has 1 unspecified atom stereocenters. The number of carbonyl (C=O) groups is 4. The molecular formula is C24H20N4O6. The summed E-state index contributed by atoms with van der Waals surface area (Å²) in [5.74, 6) is -0.380. The van der Waals surface area contributed by atoms with Crippen LogP contribution in [0.25, 0.3) is 10.8 Å². The van der Waals surface area contributed by atoms with Crippen molar-refractivity contribution in [1.29, 1.82) is 0 Å². The Morgan fingerprint density at radius 3 is 2.59 bits per heavy atom. The van der Waals surface area contributed by atoms with Gasteiger partial charge in [0, 0.05) is 11.8 Å². The highest BCUT2D eigenvalue weighted by atomic mass is 16.7. The first-order chi connectivity index (χ1) is 16.3. The summed E-state index contributed by atoms with van der Waals surface area (Å²) in [7, 11) is 0. The molecule has 0 spiro atoms. The number of hydrogen-bond acceptors (Lipinski definition) is 6. The van der Waals surface area contributed by atoms with Crippen LogP contribution in [0.15, 0.2) is 60.7 Å². The number of carbonyl (C=O) groups excluding carboxylic acids is 4. The zero-order chi connectivity index (χ0) is 23.9. The second-order valence-electron chi connectivity index (χ2n) is 8.08. The van der Waals surface area contributed by atoms with Crippen molar-refractivity contribution in [2.75, 3.05) is 18.7 Å². The second kappa shape index (κ2) is 8.07. The Hall–Kier alpha value is -4.60. The van der Waals surface area contributed by atoms with Crippen molar-refractivity contribution in [1.82, 2.24) is 15.5 Å². The summed E-state index contributed by atoms with van der Waals surface area (Å²) < 4.78 is 10.5. The number of nitrogens with one attached hydrogen (secondary N) is 3. The molecule has 0 radical (unpaired) electrons. The van der Waals surface area contributed by atoms with Gasteiger partial charge >= 0.3 is 12.1 Å². The minimum Gasteiger partial charge on any atom is -0.454 e. The van der Waals surface area contributed by atoms with E-state index in [0.29, 0.717) is 22.7 Å². The number of ether oxygens (including phenoxy) is 2. The maximum atomic E-state index is 13.1. The summed E-state index contributed by atoms with van der Waals surface area (Å²) in [5.41, 5.74) is -0.364. The lowest BCUT2D eigenvalue weighted by Crippen LogP contribution is -2.45. The van der Waals surface area contributed by atoms with E-state index < -0.39 is 36.0 Å². The van der Waals surface area contributed by atoms with Crippen molar-refractivity contribution < 1.29 is 28.7 Å². The maximum absolute atomic E-state index is 13.1. The number of rotatable bonds is 4. The molecule has 1 saturated heterocycles. The number of amides is 6. The van der Waals surface area contributed by atoms with Gasteiger partial charge in [-0.05, 0) is 41.5 Å². The molecule has 34 heavy (non-hydrogen) atoms. The quantitative estimate of drug-likeness (QED) is 0.514. The van der Waals surface area contributed by atoms with Crippen LogP contribution in [0.2, 0.25) is 0 Å². The predicted octanol–water partition coefficient (Wildman–Crippen LogP) is 2.68. The highest BCUT2D eigenvalue weighted by Gasteiger charge is 2.49. The van der Waals surface area contributed by atoms with Crippen LogP contribution in [0, 0.1) is 0 Å². The molecule has 3 N–H and O–H groups in total. The molecule has 5 rings (SSSR count). The SMILES string of the molecule is CC1(c2ccc3ccccc3c2)NC(=O)N(CC(=O)NC(=O)Nc2ccc3c(c2)OCO3)C1=O. The van der Waals surface area contributed by atoms with Crippen molar-refractivity contribution in [2.24, 2.45) is 0 Å². The molecule has 2 aliphatic heterocycles. The van der Waals surface area contributed by atoms with Crippen molar-refractivity contribution >= 4 is 40.3 Å². The van der Waals surface area contributed by atoms with Gasteiger partial charge in [0.1, 0.15) is 12.1 Å². The lowest BCUT2D eigenvalue weighted by Gasteiger charge is -2.22. The summed E-state index contributed by atoms with van der Waals surface area (Å²) in [6, 6.07) is 16.4. The second-order valence-corrected chi connectivity index (χ2v) is 8.08. The molecule has 2 heterocycles. The van der Waals surface area contributed by atoms with E-state index in [1.165, 1.54) is 0 Å². The fraction of sp³-hybridized carbons (Fsp3) is 0.167. The van der Waals surface area contributed by atoms with E-state index in [2.05, 4.69) is 16.0 Å². The summed E-state index contributed by atoms with van der Waals surface area (Å²) in [6.07, 6.45) is 0. The molecule has 2 aliphatic rings. The number of imide groups is 2. The van der Waals surface area contributed by atoms with Crippen LogP contribution in [0.1, 0.15) is 12.5 Å². The number of benzene rings is 3. The van der Waals surface area contributed by atoms with Crippen LogP contribution in [0.5, 0.6) is 11.5 Å². The molecule has 0 aromatic heterocycles. The van der Waals surface area contributed by atoms with E-state index in [-0.39, 0.29) is 6.79 Å². The van der Waals surface area contributed by atoms with Crippen molar-refractivity contribution in [2.45, 2.75) is 12.5 Å². The lowest BCUT2D eigenvalue weighted by atomic mass is 9.90. The van der Waals surface area contributed by atoms with Gasteiger partial charge in [0.25, 0.3) is 5.91 Å². The minimum atomic E-state index is -1.34.